The Balaban J connectivity index is 2.72. The highest BCUT2D eigenvalue weighted by molar-refractivity contribution is 7.93. The average Bonchev–Trinajstić information content (AvgIpc) is 1.94. The lowest BCUT2D eigenvalue weighted by Crippen LogP contribution is -2.70. The van der Waals surface area contributed by atoms with Gasteiger partial charge in [0.05, 0.1) is 11.5 Å². The van der Waals surface area contributed by atoms with Crippen LogP contribution in [0.25, 0.3) is 0 Å². The summed E-state index contributed by atoms with van der Waals surface area (Å²) in [5.74, 6) is -2.58. The molecule has 0 aromatic rings. The van der Waals surface area contributed by atoms with Gasteiger partial charge in [-0.05, 0) is 20.8 Å². The smallest absolute Gasteiger partial charge is 0.408 e. The molecule has 0 aromatic carbocycles. The largest absolute Gasteiger partial charge is 0.479 e. The average molecular weight is 265 g/mol. The van der Waals surface area contributed by atoms with Gasteiger partial charge in [-0.15, -0.1) is 0 Å². The predicted octanol–water partition coefficient (Wildman–Crippen LogP) is -0.237. The second-order valence-corrected chi connectivity index (χ2v) is 7.11. The Hall–Kier alpha value is -1.31. The Kier molecular flexibility index (Phi) is 3.13. The monoisotopic (exact) mass is 265 g/mol. The van der Waals surface area contributed by atoms with Gasteiger partial charge in [0.15, 0.2) is 15.4 Å². The molecule has 0 aliphatic carbocycles. The van der Waals surface area contributed by atoms with Crippen molar-refractivity contribution in [1.82, 2.24) is 5.32 Å². The van der Waals surface area contributed by atoms with E-state index in [1.807, 2.05) is 0 Å². The molecule has 1 amide bonds. The van der Waals surface area contributed by atoms with E-state index in [0.717, 1.165) is 0 Å². The summed E-state index contributed by atoms with van der Waals surface area (Å²) in [6.45, 7) is 4.87. The molecule has 0 spiro atoms. The predicted molar refractivity (Wildman–Crippen MR) is 58.4 cm³/mol. The maximum absolute atomic E-state index is 11.4. The Morgan fingerprint density at radius 1 is 1.29 bits per heavy atom. The third-order valence-electron chi connectivity index (χ3n) is 2.08. The van der Waals surface area contributed by atoms with Crippen molar-refractivity contribution in [3.8, 4) is 0 Å². The highest BCUT2D eigenvalue weighted by Crippen LogP contribution is 2.24. The SMILES string of the molecule is CC(C)(C)OC(=O)NC1(C(=O)O)CS(=O)(=O)C1. The van der Waals surface area contributed by atoms with Crippen molar-refractivity contribution in [3.63, 3.8) is 0 Å². The number of hydrogen-bond acceptors (Lipinski definition) is 5. The minimum absolute atomic E-state index is 0.603. The van der Waals surface area contributed by atoms with Crippen molar-refractivity contribution in [1.29, 1.82) is 0 Å². The van der Waals surface area contributed by atoms with Crippen LogP contribution in [0.3, 0.4) is 0 Å². The molecule has 1 heterocycles. The lowest BCUT2D eigenvalue weighted by Gasteiger charge is -2.37. The first kappa shape index (κ1) is 13.8. The van der Waals surface area contributed by atoms with Gasteiger partial charge in [0.25, 0.3) is 0 Å². The summed E-state index contributed by atoms with van der Waals surface area (Å²) >= 11 is 0. The molecule has 0 aromatic heterocycles. The number of aliphatic carboxylic acids is 1. The maximum atomic E-state index is 11.4. The Morgan fingerprint density at radius 3 is 2.06 bits per heavy atom. The first-order valence-corrected chi connectivity index (χ1v) is 6.73. The van der Waals surface area contributed by atoms with Crippen molar-refractivity contribution in [2.45, 2.75) is 31.9 Å². The number of sulfone groups is 1. The number of alkyl carbamates (subject to hydrolysis) is 1. The number of carbonyl (C=O) groups excluding carboxylic acids is 1. The number of hydrogen-bond donors (Lipinski definition) is 2. The summed E-state index contributed by atoms with van der Waals surface area (Å²) in [5.41, 5.74) is -2.52. The Bertz CT molecular complexity index is 435. The van der Waals surface area contributed by atoms with Gasteiger partial charge < -0.3 is 15.2 Å². The Labute approximate surface area is 99.1 Å². The van der Waals surface area contributed by atoms with E-state index in [-0.39, 0.29) is 0 Å². The van der Waals surface area contributed by atoms with Crippen LogP contribution in [-0.2, 0) is 19.4 Å². The van der Waals surface area contributed by atoms with Crippen LogP contribution in [0.15, 0.2) is 0 Å². The van der Waals surface area contributed by atoms with E-state index in [9.17, 15) is 18.0 Å². The van der Waals surface area contributed by atoms with Gasteiger partial charge in [0.1, 0.15) is 5.60 Å². The van der Waals surface area contributed by atoms with E-state index >= 15 is 0 Å². The molecule has 0 saturated carbocycles. The van der Waals surface area contributed by atoms with Crippen LogP contribution in [-0.4, -0.2) is 48.2 Å². The van der Waals surface area contributed by atoms with E-state index in [0.29, 0.717) is 0 Å². The van der Waals surface area contributed by atoms with E-state index in [1.165, 1.54) is 0 Å². The molecular formula is C9H15NO6S. The van der Waals surface area contributed by atoms with E-state index in [2.05, 4.69) is 5.32 Å². The summed E-state index contributed by atoms with van der Waals surface area (Å²) in [5, 5.41) is 11.0. The molecule has 7 nitrogen and oxygen atoms in total. The van der Waals surface area contributed by atoms with Crippen LogP contribution in [0, 0.1) is 0 Å². The number of carboxylic acids is 1. The molecule has 0 bridgehead atoms. The number of carbonyl (C=O) groups is 2. The summed E-state index contributed by atoms with van der Waals surface area (Å²) in [6.07, 6.45) is -0.935. The van der Waals surface area contributed by atoms with Crippen molar-refractivity contribution >= 4 is 21.9 Å². The molecule has 1 fully saturated rings. The van der Waals surface area contributed by atoms with Crippen LogP contribution < -0.4 is 5.32 Å². The number of amides is 1. The van der Waals surface area contributed by atoms with E-state index in [1.54, 1.807) is 20.8 Å². The molecule has 0 radical (unpaired) electrons. The van der Waals surface area contributed by atoms with Crippen molar-refractivity contribution in [2.24, 2.45) is 0 Å². The van der Waals surface area contributed by atoms with Gasteiger partial charge in [0, 0.05) is 0 Å². The lowest BCUT2D eigenvalue weighted by molar-refractivity contribution is -0.143. The summed E-state index contributed by atoms with van der Waals surface area (Å²) in [6, 6.07) is 0. The van der Waals surface area contributed by atoms with Gasteiger partial charge in [0.2, 0.25) is 0 Å². The minimum Gasteiger partial charge on any atom is -0.479 e. The molecule has 2 N–H and O–H groups in total. The van der Waals surface area contributed by atoms with Gasteiger partial charge >= 0.3 is 12.1 Å². The fourth-order valence-electron chi connectivity index (χ4n) is 1.46. The van der Waals surface area contributed by atoms with Gasteiger partial charge in [-0.25, -0.2) is 18.0 Å². The molecule has 1 aliphatic rings. The normalized spacial score (nSPS) is 21.1. The highest BCUT2D eigenvalue weighted by atomic mass is 32.2. The number of nitrogens with one attached hydrogen (secondary N) is 1. The zero-order chi connectivity index (χ0) is 13.5. The number of carboxylic acid groups (broad SMARTS) is 1. The first-order chi connectivity index (χ1) is 7.46. The fourth-order valence-corrected chi connectivity index (χ4v) is 3.27. The summed E-state index contributed by atoms with van der Waals surface area (Å²) < 4.78 is 26.9. The van der Waals surface area contributed by atoms with Crippen LogP contribution in [0.2, 0.25) is 0 Å². The van der Waals surface area contributed by atoms with Gasteiger partial charge in [-0.3, -0.25) is 0 Å². The second kappa shape index (κ2) is 3.86. The second-order valence-electron chi connectivity index (χ2n) is 5.05. The molecule has 98 valence electrons. The maximum Gasteiger partial charge on any atom is 0.408 e. The third-order valence-corrected chi connectivity index (χ3v) is 3.95. The van der Waals surface area contributed by atoms with E-state index in [4.69, 9.17) is 9.84 Å². The molecule has 0 unspecified atom stereocenters. The first-order valence-electron chi connectivity index (χ1n) is 4.91. The minimum atomic E-state index is -3.37. The summed E-state index contributed by atoms with van der Waals surface area (Å²) in [7, 11) is -3.37. The Morgan fingerprint density at radius 2 is 1.76 bits per heavy atom. The molecule has 1 aliphatic heterocycles. The van der Waals surface area contributed by atoms with Gasteiger partial charge in [-0.1, -0.05) is 0 Å². The van der Waals surface area contributed by atoms with Crippen molar-refractivity contribution in [3.05, 3.63) is 0 Å². The summed E-state index contributed by atoms with van der Waals surface area (Å²) in [4.78, 5) is 22.3. The number of ether oxygens (including phenoxy) is 1. The quantitative estimate of drug-likeness (QED) is 0.713. The zero-order valence-electron chi connectivity index (χ0n) is 9.81. The van der Waals surface area contributed by atoms with Crippen molar-refractivity contribution in [2.75, 3.05) is 11.5 Å². The number of rotatable bonds is 2. The molecule has 17 heavy (non-hydrogen) atoms. The lowest BCUT2D eigenvalue weighted by atomic mass is 10.1. The van der Waals surface area contributed by atoms with Crippen LogP contribution in [0.5, 0.6) is 0 Å². The van der Waals surface area contributed by atoms with Crippen LogP contribution >= 0.6 is 0 Å². The molecule has 0 atom stereocenters. The van der Waals surface area contributed by atoms with Crippen LogP contribution in [0.1, 0.15) is 20.8 Å². The van der Waals surface area contributed by atoms with E-state index < -0.39 is 44.5 Å². The molecule has 1 rings (SSSR count). The molecule has 8 heteroatoms. The van der Waals surface area contributed by atoms with Crippen LogP contribution in [0.4, 0.5) is 4.79 Å². The molecule has 1 saturated heterocycles. The zero-order valence-corrected chi connectivity index (χ0v) is 10.6. The van der Waals surface area contributed by atoms with Gasteiger partial charge in [-0.2, -0.15) is 0 Å². The standard InChI is InChI=1S/C9H15NO6S/c1-8(2,3)16-7(13)10-9(6(11)12)4-17(14,15)5-9/h4-5H2,1-3H3,(H,10,13)(H,11,12). The fraction of sp³-hybridized carbons (Fsp3) is 0.778. The highest BCUT2D eigenvalue weighted by Gasteiger charge is 2.56. The third kappa shape index (κ3) is 3.32. The van der Waals surface area contributed by atoms with Crippen molar-refractivity contribution < 1.29 is 27.9 Å². The molecular weight excluding hydrogens is 250 g/mol. The topological polar surface area (TPSA) is 110 Å².